The standard InChI is InChI=1S/C16H16N2O/c1-12-9-15(8-7-14(12)10-17)18-16(11-19)13-5-3-2-4-6-13/h2-9,16,18-19H,11H2,1H3. The molecular formula is C16H16N2O. The molecule has 96 valence electrons. The minimum absolute atomic E-state index is 0.0169. The average Bonchev–Trinajstić information content (AvgIpc) is 2.46. The maximum Gasteiger partial charge on any atom is 0.0994 e. The van der Waals surface area contributed by atoms with Crippen molar-refractivity contribution >= 4 is 5.69 Å². The molecule has 0 heterocycles. The van der Waals surface area contributed by atoms with Crippen LogP contribution in [0.4, 0.5) is 5.69 Å². The Labute approximate surface area is 113 Å². The topological polar surface area (TPSA) is 56.0 Å². The molecule has 1 atom stereocenters. The zero-order valence-corrected chi connectivity index (χ0v) is 10.8. The maximum atomic E-state index is 9.50. The largest absolute Gasteiger partial charge is 0.394 e. The van der Waals surface area contributed by atoms with Gasteiger partial charge in [0.1, 0.15) is 0 Å². The molecule has 0 saturated carbocycles. The first kappa shape index (κ1) is 13.1. The van der Waals surface area contributed by atoms with E-state index in [9.17, 15) is 5.11 Å². The fourth-order valence-corrected chi connectivity index (χ4v) is 2.00. The number of hydrogen-bond acceptors (Lipinski definition) is 3. The van der Waals surface area contributed by atoms with Gasteiger partial charge >= 0.3 is 0 Å². The second-order valence-electron chi connectivity index (χ2n) is 4.43. The second-order valence-corrected chi connectivity index (χ2v) is 4.43. The smallest absolute Gasteiger partial charge is 0.0994 e. The summed E-state index contributed by atoms with van der Waals surface area (Å²) in [6.45, 7) is 1.92. The molecule has 2 rings (SSSR count). The summed E-state index contributed by atoms with van der Waals surface area (Å²) in [4.78, 5) is 0. The molecule has 2 aromatic carbocycles. The normalized spacial score (nSPS) is 11.6. The first-order valence-electron chi connectivity index (χ1n) is 6.17. The summed E-state index contributed by atoms with van der Waals surface area (Å²) < 4.78 is 0. The SMILES string of the molecule is Cc1cc(NC(CO)c2ccccc2)ccc1C#N. The summed E-state index contributed by atoms with van der Waals surface area (Å²) in [5.41, 5.74) is 3.54. The van der Waals surface area contributed by atoms with Gasteiger partial charge in [-0.1, -0.05) is 30.3 Å². The van der Waals surface area contributed by atoms with Gasteiger partial charge in [0.05, 0.1) is 24.3 Å². The molecule has 0 aliphatic heterocycles. The summed E-state index contributed by atoms with van der Waals surface area (Å²) >= 11 is 0. The highest BCUT2D eigenvalue weighted by atomic mass is 16.3. The van der Waals surface area contributed by atoms with Gasteiger partial charge in [0.25, 0.3) is 0 Å². The number of benzene rings is 2. The van der Waals surface area contributed by atoms with Gasteiger partial charge in [0.15, 0.2) is 0 Å². The molecule has 0 amide bonds. The molecule has 0 aliphatic carbocycles. The Morgan fingerprint density at radius 3 is 2.53 bits per heavy atom. The molecule has 2 aromatic rings. The van der Waals surface area contributed by atoms with E-state index in [1.54, 1.807) is 6.07 Å². The summed E-state index contributed by atoms with van der Waals surface area (Å²) in [7, 11) is 0. The number of aryl methyl sites for hydroxylation is 1. The number of aliphatic hydroxyl groups excluding tert-OH is 1. The lowest BCUT2D eigenvalue weighted by atomic mass is 10.1. The van der Waals surface area contributed by atoms with Gasteiger partial charge in [-0.2, -0.15) is 5.26 Å². The van der Waals surface area contributed by atoms with E-state index in [4.69, 9.17) is 5.26 Å². The van der Waals surface area contributed by atoms with E-state index < -0.39 is 0 Å². The number of rotatable bonds is 4. The van der Waals surface area contributed by atoms with E-state index >= 15 is 0 Å². The van der Waals surface area contributed by atoms with Crippen LogP contribution in [0, 0.1) is 18.3 Å². The van der Waals surface area contributed by atoms with Crippen molar-refractivity contribution in [3.8, 4) is 6.07 Å². The molecular weight excluding hydrogens is 236 g/mol. The summed E-state index contributed by atoms with van der Waals surface area (Å²) in [6.07, 6.45) is 0. The van der Waals surface area contributed by atoms with Crippen LogP contribution in [-0.4, -0.2) is 11.7 Å². The van der Waals surface area contributed by atoms with Gasteiger partial charge in [-0.25, -0.2) is 0 Å². The number of anilines is 1. The number of nitrogens with one attached hydrogen (secondary N) is 1. The van der Waals surface area contributed by atoms with Crippen LogP contribution in [0.3, 0.4) is 0 Å². The number of nitrogens with zero attached hydrogens (tertiary/aromatic N) is 1. The molecule has 0 spiro atoms. The highest BCUT2D eigenvalue weighted by Gasteiger charge is 2.10. The van der Waals surface area contributed by atoms with Crippen LogP contribution in [0.15, 0.2) is 48.5 Å². The van der Waals surface area contributed by atoms with Crippen LogP contribution in [0.1, 0.15) is 22.7 Å². The van der Waals surface area contributed by atoms with E-state index in [-0.39, 0.29) is 12.6 Å². The van der Waals surface area contributed by atoms with Crippen molar-refractivity contribution in [1.82, 2.24) is 0 Å². The van der Waals surface area contributed by atoms with E-state index in [0.717, 1.165) is 16.8 Å². The third kappa shape index (κ3) is 3.12. The zero-order valence-electron chi connectivity index (χ0n) is 10.8. The van der Waals surface area contributed by atoms with Crippen molar-refractivity contribution in [2.45, 2.75) is 13.0 Å². The van der Waals surface area contributed by atoms with Gasteiger partial charge in [0.2, 0.25) is 0 Å². The van der Waals surface area contributed by atoms with Gasteiger partial charge < -0.3 is 10.4 Å². The van der Waals surface area contributed by atoms with Crippen LogP contribution >= 0.6 is 0 Å². The molecule has 0 radical (unpaired) electrons. The van der Waals surface area contributed by atoms with Gasteiger partial charge in [-0.3, -0.25) is 0 Å². The minimum Gasteiger partial charge on any atom is -0.394 e. The van der Waals surface area contributed by atoms with E-state index in [0.29, 0.717) is 5.56 Å². The third-order valence-corrected chi connectivity index (χ3v) is 3.07. The fourth-order valence-electron chi connectivity index (χ4n) is 2.00. The fraction of sp³-hybridized carbons (Fsp3) is 0.188. The Kier molecular flexibility index (Phi) is 4.17. The highest BCUT2D eigenvalue weighted by molar-refractivity contribution is 5.52. The molecule has 0 fully saturated rings. The average molecular weight is 252 g/mol. The maximum absolute atomic E-state index is 9.50. The lowest BCUT2D eigenvalue weighted by Crippen LogP contribution is -2.14. The molecule has 3 nitrogen and oxygen atoms in total. The van der Waals surface area contributed by atoms with Crippen molar-refractivity contribution in [2.75, 3.05) is 11.9 Å². The molecule has 3 heteroatoms. The van der Waals surface area contributed by atoms with Crippen molar-refractivity contribution in [3.63, 3.8) is 0 Å². The quantitative estimate of drug-likeness (QED) is 0.879. The van der Waals surface area contributed by atoms with Crippen LogP contribution < -0.4 is 5.32 Å². The van der Waals surface area contributed by atoms with Crippen LogP contribution in [0.5, 0.6) is 0 Å². The number of hydrogen-bond donors (Lipinski definition) is 2. The van der Waals surface area contributed by atoms with Crippen molar-refractivity contribution in [1.29, 1.82) is 5.26 Å². The first-order chi connectivity index (χ1) is 9.24. The van der Waals surface area contributed by atoms with Crippen LogP contribution in [-0.2, 0) is 0 Å². The Balaban J connectivity index is 2.20. The summed E-state index contributed by atoms with van der Waals surface area (Å²) in [5, 5.41) is 21.7. The van der Waals surface area contributed by atoms with Gasteiger partial charge in [-0.15, -0.1) is 0 Å². The van der Waals surface area contributed by atoms with Crippen LogP contribution in [0.2, 0.25) is 0 Å². The predicted octanol–water partition coefficient (Wildman–Crippen LogP) is 3.01. The van der Waals surface area contributed by atoms with Gasteiger partial charge in [0, 0.05) is 5.69 Å². The number of nitriles is 1. The summed E-state index contributed by atoms with van der Waals surface area (Å²) in [5.74, 6) is 0. The lowest BCUT2D eigenvalue weighted by molar-refractivity contribution is 0.276. The summed E-state index contributed by atoms with van der Waals surface area (Å²) in [6, 6.07) is 17.4. The molecule has 0 saturated heterocycles. The Bertz CT molecular complexity index is 587. The molecule has 19 heavy (non-hydrogen) atoms. The van der Waals surface area contributed by atoms with E-state index in [1.165, 1.54) is 0 Å². The Hall–Kier alpha value is -2.31. The molecule has 0 bridgehead atoms. The highest BCUT2D eigenvalue weighted by Crippen LogP contribution is 2.21. The zero-order chi connectivity index (χ0) is 13.7. The molecule has 1 unspecified atom stereocenters. The molecule has 0 aliphatic rings. The van der Waals surface area contributed by atoms with Crippen molar-refractivity contribution in [3.05, 3.63) is 65.2 Å². The van der Waals surface area contributed by atoms with Gasteiger partial charge in [-0.05, 0) is 36.2 Å². The lowest BCUT2D eigenvalue weighted by Gasteiger charge is -2.18. The van der Waals surface area contributed by atoms with Crippen LogP contribution in [0.25, 0.3) is 0 Å². The number of aliphatic hydroxyl groups is 1. The first-order valence-corrected chi connectivity index (χ1v) is 6.17. The monoisotopic (exact) mass is 252 g/mol. The van der Waals surface area contributed by atoms with E-state index in [2.05, 4.69) is 11.4 Å². The Morgan fingerprint density at radius 2 is 1.95 bits per heavy atom. The molecule has 2 N–H and O–H groups in total. The Morgan fingerprint density at radius 1 is 1.21 bits per heavy atom. The van der Waals surface area contributed by atoms with Crippen molar-refractivity contribution in [2.24, 2.45) is 0 Å². The third-order valence-electron chi connectivity index (χ3n) is 3.07. The second kappa shape index (κ2) is 6.03. The minimum atomic E-state index is -0.145. The van der Waals surface area contributed by atoms with E-state index in [1.807, 2.05) is 49.4 Å². The predicted molar refractivity (Wildman–Crippen MR) is 75.8 cm³/mol. The molecule has 0 aromatic heterocycles. The van der Waals surface area contributed by atoms with Crippen molar-refractivity contribution < 1.29 is 5.11 Å².